The van der Waals surface area contributed by atoms with Crippen LogP contribution in [0.5, 0.6) is 0 Å². The van der Waals surface area contributed by atoms with Gasteiger partial charge in [0, 0.05) is 18.0 Å². The molecule has 1 fully saturated rings. The second-order valence-corrected chi connectivity index (χ2v) is 11.5. The summed E-state index contributed by atoms with van der Waals surface area (Å²) in [6.07, 6.45) is 1.44. The number of nitrogens with zero attached hydrogens (tertiary/aromatic N) is 2. The third-order valence-corrected chi connectivity index (χ3v) is 7.63. The van der Waals surface area contributed by atoms with Gasteiger partial charge in [-0.3, -0.25) is 13.9 Å². The Morgan fingerprint density at radius 1 is 1.14 bits per heavy atom. The lowest BCUT2D eigenvalue weighted by atomic mass is 10.1. The minimum Gasteiger partial charge on any atom is -0.454 e. The highest BCUT2D eigenvalue weighted by Crippen LogP contribution is 2.62. The molecule has 2 N–H and O–H groups in total. The standard InChI is InChI=1S/C26H30N2O6S/c1-5-6-14-28-24(29)22(23(35(28,31)32)17-10-8-7-9-11-17)27-19-13-12-18-15-21(33-20(18)16-19)25(30)34-26(2,3)4/h7-13,15-16,23,31-32H,5-6,14H2,1-4H3. The molecule has 4 rings (SSSR count). The van der Waals surface area contributed by atoms with Crippen LogP contribution in [-0.4, -0.2) is 43.1 Å². The van der Waals surface area contributed by atoms with E-state index in [1.54, 1.807) is 69.3 Å². The van der Waals surface area contributed by atoms with Gasteiger partial charge in [-0.25, -0.2) is 14.1 Å². The maximum absolute atomic E-state index is 13.3. The van der Waals surface area contributed by atoms with E-state index in [9.17, 15) is 18.7 Å². The van der Waals surface area contributed by atoms with Gasteiger partial charge in [0.25, 0.3) is 5.91 Å². The fourth-order valence-electron chi connectivity index (χ4n) is 3.91. The Bertz CT molecular complexity index is 1280. The van der Waals surface area contributed by atoms with E-state index >= 15 is 0 Å². The first-order chi connectivity index (χ1) is 16.5. The average Bonchev–Trinajstić information content (AvgIpc) is 3.28. The largest absolute Gasteiger partial charge is 0.454 e. The van der Waals surface area contributed by atoms with Crippen LogP contribution in [-0.2, 0) is 9.53 Å². The van der Waals surface area contributed by atoms with E-state index in [0.717, 1.165) is 10.7 Å². The summed E-state index contributed by atoms with van der Waals surface area (Å²) in [6.45, 7) is 7.53. The minimum absolute atomic E-state index is 0.0607. The van der Waals surface area contributed by atoms with Crippen LogP contribution in [0.2, 0.25) is 0 Å². The van der Waals surface area contributed by atoms with E-state index in [2.05, 4.69) is 4.99 Å². The van der Waals surface area contributed by atoms with Gasteiger partial charge < -0.3 is 9.15 Å². The highest BCUT2D eigenvalue weighted by Gasteiger charge is 2.50. The Kier molecular flexibility index (Phi) is 6.77. The summed E-state index contributed by atoms with van der Waals surface area (Å²) >= 11 is 0. The SMILES string of the molecule is CCCCN1C(=O)C(=Nc2ccc3cc(C(=O)OC(C)(C)C)oc3c2)C(c2ccccc2)S1(O)O. The Morgan fingerprint density at radius 2 is 1.86 bits per heavy atom. The average molecular weight is 499 g/mol. The molecule has 1 aliphatic rings. The molecule has 35 heavy (non-hydrogen) atoms. The predicted octanol–water partition coefficient (Wildman–Crippen LogP) is 6.51. The van der Waals surface area contributed by atoms with Crippen LogP contribution in [0.15, 0.2) is 64.0 Å². The number of rotatable bonds is 6. The van der Waals surface area contributed by atoms with Gasteiger partial charge in [0.15, 0.2) is 0 Å². The zero-order valence-electron chi connectivity index (χ0n) is 20.2. The molecule has 0 saturated carbocycles. The van der Waals surface area contributed by atoms with Gasteiger partial charge in [-0.1, -0.05) is 43.7 Å². The molecule has 1 aliphatic heterocycles. The van der Waals surface area contributed by atoms with Crippen molar-refractivity contribution in [3.8, 4) is 0 Å². The number of aliphatic imine (C=N–C) groups is 1. The van der Waals surface area contributed by atoms with Crippen LogP contribution in [0.25, 0.3) is 11.0 Å². The molecule has 0 spiro atoms. The molecule has 186 valence electrons. The topological polar surface area (TPSA) is 113 Å². The lowest BCUT2D eigenvalue weighted by Crippen LogP contribution is -2.29. The van der Waals surface area contributed by atoms with E-state index in [1.165, 1.54) is 0 Å². The van der Waals surface area contributed by atoms with Crippen molar-refractivity contribution >= 4 is 45.0 Å². The van der Waals surface area contributed by atoms with Crippen molar-refractivity contribution in [1.82, 2.24) is 4.31 Å². The molecule has 0 bridgehead atoms. The highest BCUT2D eigenvalue weighted by molar-refractivity contribution is 8.24. The molecule has 1 aromatic heterocycles. The Hall–Kier alpha value is -3.14. The zero-order chi connectivity index (χ0) is 25.4. The van der Waals surface area contributed by atoms with Gasteiger partial charge in [-0.05, 0) is 51.0 Å². The van der Waals surface area contributed by atoms with Crippen molar-refractivity contribution in [2.24, 2.45) is 4.99 Å². The lowest BCUT2D eigenvalue weighted by molar-refractivity contribution is -0.119. The number of furan rings is 1. The molecule has 1 saturated heterocycles. The van der Waals surface area contributed by atoms with Gasteiger partial charge in [-0.2, -0.15) is 0 Å². The molecule has 1 amide bonds. The summed E-state index contributed by atoms with van der Waals surface area (Å²) in [5.41, 5.74) is 0.814. The molecule has 0 aliphatic carbocycles. The van der Waals surface area contributed by atoms with Gasteiger partial charge >= 0.3 is 5.97 Å². The smallest absolute Gasteiger partial charge is 0.374 e. The third-order valence-electron chi connectivity index (χ3n) is 5.50. The van der Waals surface area contributed by atoms with Crippen molar-refractivity contribution < 1.29 is 27.8 Å². The molecule has 0 radical (unpaired) electrons. The second-order valence-electron chi connectivity index (χ2n) is 9.44. The Morgan fingerprint density at radius 3 is 2.51 bits per heavy atom. The number of unbranched alkanes of at least 4 members (excludes halogenated alkanes) is 1. The van der Waals surface area contributed by atoms with E-state index in [1.807, 2.05) is 13.0 Å². The summed E-state index contributed by atoms with van der Waals surface area (Å²) in [7, 11) is -3.47. The summed E-state index contributed by atoms with van der Waals surface area (Å²) in [5, 5.41) is -0.293. The van der Waals surface area contributed by atoms with Crippen molar-refractivity contribution in [2.75, 3.05) is 6.54 Å². The first-order valence-corrected chi connectivity index (χ1v) is 13.1. The molecule has 3 aromatic rings. The summed E-state index contributed by atoms with van der Waals surface area (Å²) in [4.78, 5) is 30.3. The number of amides is 1. The molecule has 8 nitrogen and oxygen atoms in total. The van der Waals surface area contributed by atoms with Crippen LogP contribution < -0.4 is 0 Å². The number of benzene rings is 2. The maximum Gasteiger partial charge on any atom is 0.374 e. The maximum atomic E-state index is 13.3. The molecule has 1 unspecified atom stereocenters. The third kappa shape index (κ3) is 5.12. The fourth-order valence-corrected chi connectivity index (χ4v) is 5.87. The summed E-state index contributed by atoms with van der Waals surface area (Å²) < 4.78 is 34.5. The van der Waals surface area contributed by atoms with E-state index in [4.69, 9.17) is 9.15 Å². The number of fused-ring (bicyclic) bond motifs is 1. The van der Waals surface area contributed by atoms with Gasteiger partial charge in [-0.15, -0.1) is 10.8 Å². The molecule has 2 aromatic carbocycles. The van der Waals surface area contributed by atoms with Crippen LogP contribution in [0, 0.1) is 0 Å². The van der Waals surface area contributed by atoms with Gasteiger partial charge in [0.05, 0.1) is 5.69 Å². The Balaban J connectivity index is 1.74. The van der Waals surface area contributed by atoms with Crippen molar-refractivity contribution in [3.05, 3.63) is 65.9 Å². The molecular weight excluding hydrogens is 468 g/mol. The predicted molar refractivity (Wildman–Crippen MR) is 137 cm³/mol. The van der Waals surface area contributed by atoms with Crippen LogP contribution in [0.4, 0.5) is 5.69 Å². The molecule has 1 atom stereocenters. The van der Waals surface area contributed by atoms with Crippen LogP contribution >= 0.6 is 10.8 Å². The zero-order valence-corrected chi connectivity index (χ0v) is 21.0. The summed E-state index contributed by atoms with van der Waals surface area (Å²) in [5.74, 6) is -1.00. The molecule has 9 heteroatoms. The van der Waals surface area contributed by atoms with E-state index in [0.29, 0.717) is 28.6 Å². The number of hydrogen-bond donors (Lipinski definition) is 2. The highest BCUT2D eigenvalue weighted by atomic mass is 32.3. The number of carbonyl (C=O) groups excluding carboxylic acids is 2. The first kappa shape index (κ1) is 25.0. The van der Waals surface area contributed by atoms with Gasteiger partial charge in [0.2, 0.25) is 5.76 Å². The van der Waals surface area contributed by atoms with Crippen LogP contribution in [0.1, 0.15) is 61.9 Å². The van der Waals surface area contributed by atoms with Crippen molar-refractivity contribution in [1.29, 1.82) is 0 Å². The first-order valence-electron chi connectivity index (χ1n) is 11.5. The molecular formula is C26H30N2O6S. The van der Waals surface area contributed by atoms with E-state index in [-0.39, 0.29) is 18.0 Å². The summed E-state index contributed by atoms with van der Waals surface area (Å²) in [6, 6.07) is 15.5. The fraction of sp³-hybridized carbons (Fsp3) is 0.346. The van der Waals surface area contributed by atoms with Crippen LogP contribution in [0.3, 0.4) is 0 Å². The number of carbonyl (C=O) groups is 2. The monoisotopic (exact) mass is 498 g/mol. The lowest BCUT2D eigenvalue weighted by Gasteiger charge is -2.40. The number of esters is 1. The molecule has 2 heterocycles. The second kappa shape index (κ2) is 9.49. The number of hydrogen-bond acceptors (Lipinski definition) is 7. The van der Waals surface area contributed by atoms with Crippen molar-refractivity contribution in [2.45, 2.75) is 51.4 Å². The van der Waals surface area contributed by atoms with Crippen molar-refractivity contribution in [3.63, 3.8) is 0 Å². The minimum atomic E-state index is -3.47. The quantitative estimate of drug-likeness (QED) is 0.375. The van der Waals surface area contributed by atoms with E-state index < -0.39 is 33.5 Å². The number of ether oxygens (including phenoxy) is 1. The van der Waals surface area contributed by atoms with Gasteiger partial charge in [0.1, 0.15) is 22.1 Å². The Labute approximate surface area is 206 Å². The normalized spacial score (nSPS) is 19.9.